The van der Waals surface area contributed by atoms with Gasteiger partial charge in [-0.25, -0.2) is 4.68 Å². The molecule has 0 aliphatic rings. The maximum absolute atomic E-state index is 9.12. The molecule has 108 valence electrons. The number of methoxy groups -OCH3 is 1. The van der Waals surface area contributed by atoms with Crippen LogP contribution in [0.25, 0.3) is 0 Å². The summed E-state index contributed by atoms with van der Waals surface area (Å²) >= 11 is 0. The van der Waals surface area contributed by atoms with E-state index in [-0.39, 0.29) is 6.61 Å². The maximum Gasteiger partial charge on any atom is 0.216 e. The van der Waals surface area contributed by atoms with Crippen molar-refractivity contribution in [3.8, 4) is 5.88 Å². The van der Waals surface area contributed by atoms with E-state index in [2.05, 4.69) is 10.4 Å². The molecule has 5 heteroatoms. The van der Waals surface area contributed by atoms with Crippen molar-refractivity contribution in [3.63, 3.8) is 0 Å². The number of aliphatic hydroxyl groups excluding tert-OH is 1. The second kappa shape index (κ2) is 6.54. The van der Waals surface area contributed by atoms with E-state index in [1.165, 1.54) is 0 Å². The molecule has 0 saturated heterocycles. The van der Waals surface area contributed by atoms with Crippen molar-refractivity contribution in [2.24, 2.45) is 7.05 Å². The van der Waals surface area contributed by atoms with Crippen molar-refractivity contribution in [1.82, 2.24) is 15.1 Å². The highest BCUT2D eigenvalue weighted by molar-refractivity contribution is 5.31. The van der Waals surface area contributed by atoms with E-state index in [9.17, 15) is 0 Å². The Balaban J connectivity index is 1.99. The number of aromatic nitrogens is 2. The van der Waals surface area contributed by atoms with E-state index in [1.54, 1.807) is 11.8 Å². The molecule has 5 nitrogen and oxygen atoms in total. The Morgan fingerprint density at radius 3 is 2.75 bits per heavy atom. The molecule has 2 rings (SSSR count). The third-order valence-electron chi connectivity index (χ3n) is 3.29. The van der Waals surface area contributed by atoms with Crippen LogP contribution in [0.1, 0.15) is 22.4 Å². The summed E-state index contributed by atoms with van der Waals surface area (Å²) in [5.41, 5.74) is 4.13. The van der Waals surface area contributed by atoms with Gasteiger partial charge in [-0.1, -0.05) is 24.3 Å². The highest BCUT2D eigenvalue weighted by Gasteiger charge is 2.12. The van der Waals surface area contributed by atoms with E-state index in [1.807, 2.05) is 38.2 Å². The molecule has 0 spiro atoms. The quantitative estimate of drug-likeness (QED) is 0.839. The third kappa shape index (κ3) is 3.18. The largest absolute Gasteiger partial charge is 0.481 e. The van der Waals surface area contributed by atoms with E-state index >= 15 is 0 Å². The molecular formula is C15H21N3O2. The van der Waals surface area contributed by atoms with Crippen LogP contribution < -0.4 is 10.1 Å². The fourth-order valence-electron chi connectivity index (χ4n) is 2.31. The fourth-order valence-corrected chi connectivity index (χ4v) is 2.31. The van der Waals surface area contributed by atoms with Crippen LogP contribution in [0, 0.1) is 6.92 Å². The van der Waals surface area contributed by atoms with Gasteiger partial charge in [0.05, 0.1) is 25.0 Å². The second-order valence-electron chi connectivity index (χ2n) is 4.78. The van der Waals surface area contributed by atoms with Crippen LogP contribution >= 0.6 is 0 Å². The smallest absolute Gasteiger partial charge is 0.216 e. The molecule has 1 aromatic carbocycles. The van der Waals surface area contributed by atoms with Gasteiger partial charge < -0.3 is 15.2 Å². The fraction of sp³-hybridized carbons (Fsp3) is 0.400. The van der Waals surface area contributed by atoms with Crippen molar-refractivity contribution in [1.29, 1.82) is 0 Å². The number of ether oxygens (including phenoxy) is 1. The number of aliphatic hydroxyl groups is 1. The van der Waals surface area contributed by atoms with Crippen molar-refractivity contribution in [3.05, 3.63) is 46.6 Å². The zero-order chi connectivity index (χ0) is 14.5. The van der Waals surface area contributed by atoms with Gasteiger partial charge >= 0.3 is 0 Å². The molecule has 0 bridgehead atoms. The van der Waals surface area contributed by atoms with Gasteiger partial charge in [0.25, 0.3) is 0 Å². The molecule has 20 heavy (non-hydrogen) atoms. The number of nitrogens with zero attached hydrogens (tertiary/aromatic N) is 2. The topological polar surface area (TPSA) is 59.3 Å². The molecule has 0 fully saturated rings. The molecular weight excluding hydrogens is 254 g/mol. The summed E-state index contributed by atoms with van der Waals surface area (Å²) in [5, 5.41) is 16.9. The Morgan fingerprint density at radius 2 is 2.05 bits per heavy atom. The summed E-state index contributed by atoms with van der Waals surface area (Å²) in [5.74, 6) is 0.791. The van der Waals surface area contributed by atoms with Crippen LogP contribution in [0.3, 0.4) is 0 Å². The first-order valence-electron chi connectivity index (χ1n) is 6.61. The standard InChI is InChI=1S/C15H21N3O2/c1-11-14(15(20-3)18(2)17-11)9-16-8-12-5-4-6-13(7-12)10-19/h4-7,16,19H,8-10H2,1-3H3. The van der Waals surface area contributed by atoms with Crippen molar-refractivity contribution >= 4 is 0 Å². The molecule has 0 saturated carbocycles. The number of hydrogen-bond donors (Lipinski definition) is 2. The number of aryl methyl sites for hydroxylation is 2. The van der Waals surface area contributed by atoms with Crippen molar-refractivity contribution < 1.29 is 9.84 Å². The van der Waals surface area contributed by atoms with Gasteiger partial charge in [-0.3, -0.25) is 0 Å². The summed E-state index contributed by atoms with van der Waals surface area (Å²) < 4.78 is 7.11. The van der Waals surface area contributed by atoms with Crippen LogP contribution in [-0.4, -0.2) is 22.0 Å². The van der Waals surface area contributed by atoms with Crippen molar-refractivity contribution in [2.45, 2.75) is 26.6 Å². The van der Waals surface area contributed by atoms with Gasteiger partial charge in [-0.2, -0.15) is 5.10 Å². The lowest BCUT2D eigenvalue weighted by Gasteiger charge is -2.08. The van der Waals surface area contributed by atoms with Gasteiger partial charge in [0.15, 0.2) is 0 Å². The highest BCUT2D eigenvalue weighted by atomic mass is 16.5. The molecule has 0 aliphatic heterocycles. The van der Waals surface area contributed by atoms with E-state index in [0.29, 0.717) is 6.54 Å². The van der Waals surface area contributed by atoms with Gasteiger partial charge in [-0.05, 0) is 18.1 Å². The lowest BCUT2D eigenvalue weighted by molar-refractivity contribution is 0.281. The summed E-state index contributed by atoms with van der Waals surface area (Å²) in [6.07, 6.45) is 0. The predicted octanol–water partition coefficient (Wildman–Crippen LogP) is 1.52. The zero-order valence-electron chi connectivity index (χ0n) is 12.2. The van der Waals surface area contributed by atoms with Crippen LogP contribution in [0.2, 0.25) is 0 Å². The first-order chi connectivity index (χ1) is 9.65. The third-order valence-corrected chi connectivity index (χ3v) is 3.29. The normalized spacial score (nSPS) is 10.8. The molecule has 0 unspecified atom stereocenters. The monoisotopic (exact) mass is 275 g/mol. The van der Waals surface area contributed by atoms with E-state index in [4.69, 9.17) is 9.84 Å². The first kappa shape index (κ1) is 14.6. The molecule has 1 heterocycles. The predicted molar refractivity (Wildman–Crippen MR) is 77.4 cm³/mol. The molecule has 2 N–H and O–H groups in total. The maximum atomic E-state index is 9.12. The number of nitrogens with one attached hydrogen (secondary N) is 1. The average Bonchev–Trinajstić information content (AvgIpc) is 2.73. The highest BCUT2D eigenvalue weighted by Crippen LogP contribution is 2.20. The number of rotatable bonds is 6. The zero-order valence-corrected chi connectivity index (χ0v) is 12.2. The van der Waals surface area contributed by atoms with Crippen molar-refractivity contribution in [2.75, 3.05) is 7.11 Å². The lowest BCUT2D eigenvalue weighted by Crippen LogP contribution is -2.14. The Labute approximate surface area is 119 Å². The summed E-state index contributed by atoms with van der Waals surface area (Å²) in [7, 11) is 3.53. The summed E-state index contributed by atoms with van der Waals surface area (Å²) in [6, 6.07) is 7.91. The SMILES string of the molecule is COc1c(CNCc2cccc(CO)c2)c(C)nn1C. The van der Waals surface area contributed by atoms with Crippen LogP contribution in [0.5, 0.6) is 5.88 Å². The minimum absolute atomic E-state index is 0.0728. The minimum atomic E-state index is 0.0728. The molecule has 1 aromatic heterocycles. The molecule has 0 radical (unpaired) electrons. The summed E-state index contributed by atoms with van der Waals surface area (Å²) in [6.45, 7) is 3.49. The molecule has 0 atom stereocenters. The molecule has 0 aliphatic carbocycles. The van der Waals surface area contributed by atoms with Crippen LogP contribution in [0.15, 0.2) is 24.3 Å². The Morgan fingerprint density at radius 1 is 1.30 bits per heavy atom. The Bertz CT molecular complexity index is 578. The number of hydrogen-bond acceptors (Lipinski definition) is 4. The van der Waals surface area contributed by atoms with Gasteiger partial charge in [0, 0.05) is 20.1 Å². The Kier molecular flexibility index (Phi) is 4.76. The van der Waals surface area contributed by atoms with E-state index < -0.39 is 0 Å². The minimum Gasteiger partial charge on any atom is -0.481 e. The molecule has 2 aromatic rings. The Hall–Kier alpha value is -1.85. The second-order valence-corrected chi connectivity index (χ2v) is 4.78. The lowest BCUT2D eigenvalue weighted by atomic mass is 10.1. The van der Waals surface area contributed by atoms with Gasteiger partial charge in [-0.15, -0.1) is 0 Å². The van der Waals surface area contributed by atoms with Gasteiger partial charge in [0.2, 0.25) is 5.88 Å². The van der Waals surface area contributed by atoms with Gasteiger partial charge in [0.1, 0.15) is 0 Å². The first-order valence-corrected chi connectivity index (χ1v) is 6.61. The molecule has 0 amide bonds. The van der Waals surface area contributed by atoms with Crippen LogP contribution in [-0.2, 0) is 26.7 Å². The summed E-state index contributed by atoms with van der Waals surface area (Å²) in [4.78, 5) is 0. The van der Waals surface area contributed by atoms with Crippen LogP contribution in [0.4, 0.5) is 0 Å². The average molecular weight is 275 g/mol. The van der Waals surface area contributed by atoms with E-state index in [0.717, 1.165) is 34.8 Å². The number of benzene rings is 1.